The third-order valence-corrected chi connectivity index (χ3v) is 4.30. The van der Waals surface area contributed by atoms with Crippen molar-refractivity contribution in [3.8, 4) is 0 Å². The third-order valence-electron chi connectivity index (χ3n) is 3.99. The molecule has 0 radical (unpaired) electrons. The van der Waals surface area contributed by atoms with Crippen molar-refractivity contribution in [1.29, 1.82) is 0 Å². The number of piperazine rings is 1. The van der Waals surface area contributed by atoms with Crippen LogP contribution in [0.3, 0.4) is 0 Å². The van der Waals surface area contributed by atoms with Crippen molar-refractivity contribution in [3.63, 3.8) is 0 Å². The second-order valence-corrected chi connectivity index (χ2v) is 6.72. The van der Waals surface area contributed by atoms with Crippen LogP contribution in [0, 0.1) is 0 Å². The molecule has 1 aromatic heterocycles. The molecule has 2 heterocycles. The maximum absolute atomic E-state index is 6.00. The maximum Gasteiger partial charge on any atom is 0.129 e. The van der Waals surface area contributed by atoms with E-state index in [1.165, 1.54) is 5.56 Å². The molecule has 0 saturated carbocycles. The van der Waals surface area contributed by atoms with E-state index in [-0.39, 0.29) is 5.54 Å². The van der Waals surface area contributed by atoms with Gasteiger partial charge >= 0.3 is 0 Å². The van der Waals surface area contributed by atoms with Gasteiger partial charge in [-0.3, -0.25) is 4.90 Å². The van der Waals surface area contributed by atoms with E-state index >= 15 is 0 Å². The summed E-state index contributed by atoms with van der Waals surface area (Å²) in [5.41, 5.74) is 2.56. The number of aryl methyl sites for hydroxylation is 1. The van der Waals surface area contributed by atoms with E-state index in [0.717, 1.165) is 44.1 Å². The molecule has 0 bridgehead atoms. The summed E-state index contributed by atoms with van der Waals surface area (Å²) in [5, 5.41) is 0. The third kappa shape index (κ3) is 3.64. The molecule has 4 heteroatoms. The smallest absolute Gasteiger partial charge is 0.129 e. The minimum atomic E-state index is 0.256. The van der Waals surface area contributed by atoms with Crippen LogP contribution < -0.4 is 4.90 Å². The minimum Gasteiger partial charge on any atom is -0.354 e. The van der Waals surface area contributed by atoms with Crippen LogP contribution in [0.1, 0.15) is 39.0 Å². The average Bonchev–Trinajstić information content (AvgIpc) is 2.46. The molecule has 0 aromatic carbocycles. The highest BCUT2D eigenvalue weighted by Crippen LogP contribution is 2.21. The molecule has 3 nitrogen and oxygen atoms in total. The summed E-state index contributed by atoms with van der Waals surface area (Å²) in [4.78, 5) is 9.68. The van der Waals surface area contributed by atoms with Crippen molar-refractivity contribution in [2.24, 2.45) is 0 Å². The van der Waals surface area contributed by atoms with Crippen molar-refractivity contribution in [1.82, 2.24) is 9.88 Å². The van der Waals surface area contributed by atoms with E-state index in [1.807, 2.05) is 0 Å². The van der Waals surface area contributed by atoms with Gasteiger partial charge in [0.15, 0.2) is 0 Å². The van der Waals surface area contributed by atoms with E-state index in [9.17, 15) is 0 Å². The first-order chi connectivity index (χ1) is 9.44. The number of halogens is 1. The summed E-state index contributed by atoms with van der Waals surface area (Å²) >= 11 is 6.00. The normalized spacial score (nSPS) is 17.6. The fourth-order valence-corrected chi connectivity index (χ4v) is 2.81. The van der Waals surface area contributed by atoms with Crippen LogP contribution in [0.5, 0.6) is 0 Å². The molecule has 2 rings (SSSR count). The summed E-state index contributed by atoms with van der Waals surface area (Å²) in [5.74, 6) is 1.65. The van der Waals surface area contributed by atoms with Crippen LogP contribution in [0.15, 0.2) is 12.1 Å². The van der Waals surface area contributed by atoms with Crippen LogP contribution in [-0.4, -0.2) is 41.6 Å². The number of anilines is 1. The van der Waals surface area contributed by atoms with Gasteiger partial charge in [-0.15, -0.1) is 11.6 Å². The molecule has 0 aliphatic carbocycles. The van der Waals surface area contributed by atoms with Gasteiger partial charge in [0.2, 0.25) is 0 Å². The van der Waals surface area contributed by atoms with Crippen molar-refractivity contribution < 1.29 is 0 Å². The topological polar surface area (TPSA) is 19.4 Å². The fourth-order valence-electron chi connectivity index (χ4n) is 2.66. The molecule has 0 spiro atoms. The zero-order valence-corrected chi connectivity index (χ0v) is 13.9. The van der Waals surface area contributed by atoms with Crippen molar-refractivity contribution in [3.05, 3.63) is 23.4 Å². The summed E-state index contributed by atoms with van der Waals surface area (Å²) < 4.78 is 0. The number of aromatic nitrogens is 1. The van der Waals surface area contributed by atoms with Crippen molar-refractivity contribution in [2.75, 3.05) is 31.1 Å². The molecule has 0 N–H and O–H groups in total. The van der Waals surface area contributed by atoms with Crippen LogP contribution in [0.2, 0.25) is 0 Å². The van der Waals surface area contributed by atoms with E-state index in [0.29, 0.717) is 5.88 Å². The number of rotatable bonds is 3. The molecule has 20 heavy (non-hydrogen) atoms. The quantitative estimate of drug-likeness (QED) is 0.798. The predicted molar refractivity (Wildman–Crippen MR) is 86.7 cm³/mol. The van der Waals surface area contributed by atoms with Crippen LogP contribution in [-0.2, 0) is 12.3 Å². The molecule has 1 fully saturated rings. The zero-order valence-electron chi connectivity index (χ0n) is 13.1. The fraction of sp³-hybridized carbons (Fsp3) is 0.688. The van der Waals surface area contributed by atoms with Crippen LogP contribution in [0.25, 0.3) is 0 Å². The lowest BCUT2D eigenvalue weighted by Crippen LogP contribution is -2.53. The molecular weight excluding hydrogens is 270 g/mol. The summed E-state index contributed by atoms with van der Waals surface area (Å²) in [7, 11) is 0. The lowest BCUT2D eigenvalue weighted by Gasteiger charge is -2.42. The van der Waals surface area contributed by atoms with Crippen molar-refractivity contribution in [2.45, 2.75) is 45.5 Å². The van der Waals surface area contributed by atoms with Crippen LogP contribution >= 0.6 is 11.6 Å². The Bertz CT molecular complexity index is 423. The first-order valence-electron chi connectivity index (χ1n) is 7.50. The Hall–Kier alpha value is -0.800. The van der Waals surface area contributed by atoms with E-state index in [2.05, 4.69) is 49.6 Å². The van der Waals surface area contributed by atoms with Crippen LogP contribution in [0.4, 0.5) is 5.82 Å². The molecule has 1 aliphatic heterocycles. The Morgan fingerprint density at radius 3 is 2.30 bits per heavy atom. The molecule has 1 saturated heterocycles. The molecule has 0 atom stereocenters. The Labute approximate surface area is 127 Å². The van der Waals surface area contributed by atoms with Gasteiger partial charge in [0.25, 0.3) is 0 Å². The molecule has 1 aromatic rings. The number of hydrogen-bond acceptors (Lipinski definition) is 3. The number of nitrogens with zero attached hydrogens (tertiary/aromatic N) is 3. The van der Waals surface area contributed by atoms with Gasteiger partial charge < -0.3 is 4.90 Å². The Balaban J connectivity index is 2.10. The van der Waals surface area contributed by atoms with Gasteiger partial charge in [0, 0.05) is 43.3 Å². The van der Waals surface area contributed by atoms with E-state index < -0.39 is 0 Å². The molecular formula is C16H26ClN3. The molecule has 112 valence electrons. The highest BCUT2D eigenvalue weighted by molar-refractivity contribution is 6.17. The highest BCUT2D eigenvalue weighted by Gasteiger charge is 2.26. The first kappa shape index (κ1) is 15.6. The van der Waals surface area contributed by atoms with Gasteiger partial charge in [-0.1, -0.05) is 6.92 Å². The molecule has 0 unspecified atom stereocenters. The molecule has 1 aliphatic rings. The summed E-state index contributed by atoms with van der Waals surface area (Å²) in [6, 6.07) is 4.25. The second-order valence-electron chi connectivity index (χ2n) is 6.46. The minimum absolute atomic E-state index is 0.256. The largest absolute Gasteiger partial charge is 0.354 e. The van der Waals surface area contributed by atoms with Crippen molar-refractivity contribution >= 4 is 17.4 Å². The lowest BCUT2D eigenvalue weighted by molar-refractivity contribution is 0.128. The second kappa shape index (κ2) is 6.31. The lowest BCUT2D eigenvalue weighted by atomic mass is 10.0. The van der Waals surface area contributed by atoms with Gasteiger partial charge in [-0.2, -0.15) is 0 Å². The monoisotopic (exact) mass is 295 g/mol. The summed E-state index contributed by atoms with van der Waals surface area (Å²) in [6.07, 6.45) is 0.958. The first-order valence-corrected chi connectivity index (χ1v) is 8.03. The van der Waals surface area contributed by atoms with Gasteiger partial charge in [-0.25, -0.2) is 4.98 Å². The average molecular weight is 296 g/mol. The van der Waals surface area contributed by atoms with E-state index in [1.54, 1.807) is 0 Å². The zero-order chi connectivity index (χ0) is 14.8. The predicted octanol–water partition coefficient (Wildman–Crippen LogP) is 3.30. The van der Waals surface area contributed by atoms with Gasteiger partial charge in [0.05, 0.1) is 0 Å². The SMILES string of the molecule is CCc1cc(CCl)cc(N2CCN(C(C)(C)C)CC2)n1. The Morgan fingerprint density at radius 1 is 1.15 bits per heavy atom. The maximum atomic E-state index is 6.00. The standard InChI is InChI=1S/C16H26ClN3/c1-5-14-10-13(12-17)11-15(18-14)19-6-8-20(9-7-19)16(2,3)4/h10-11H,5-9,12H2,1-4H3. The molecule has 0 amide bonds. The Kier molecular flexibility index (Phi) is 4.92. The number of hydrogen-bond donors (Lipinski definition) is 0. The van der Waals surface area contributed by atoms with Gasteiger partial charge in [0.1, 0.15) is 5.82 Å². The van der Waals surface area contributed by atoms with E-state index in [4.69, 9.17) is 16.6 Å². The Morgan fingerprint density at radius 2 is 1.80 bits per heavy atom. The van der Waals surface area contributed by atoms with Gasteiger partial charge in [-0.05, 0) is 44.9 Å². The highest BCUT2D eigenvalue weighted by atomic mass is 35.5. The summed E-state index contributed by atoms with van der Waals surface area (Å²) in [6.45, 7) is 13.3. The number of alkyl halides is 1. The number of pyridine rings is 1.